The number of nitrogens with zero attached hydrogens (tertiary/aromatic N) is 3. The quantitative estimate of drug-likeness (QED) is 0.343. The number of halogens is 2. The predicted octanol–water partition coefficient (Wildman–Crippen LogP) is 5.77. The van der Waals surface area contributed by atoms with Gasteiger partial charge in [0, 0.05) is 18.4 Å². The molecule has 8 rings (SSSR count). The molecule has 1 unspecified atom stereocenters. The van der Waals surface area contributed by atoms with Gasteiger partial charge in [-0.05, 0) is 75.8 Å². The fraction of sp³-hybridized carbons (Fsp3) is 0.714. The van der Waals surface area contributed by atoms with Crippen molar-refractivity contribution < 1.29 is 45.9 Å². The molecular weight excluding hydrogens is 787 g/mol. The first-order valence-electron chi connectivity index (χ1n) is 21.7. The molecule has 1 aromatic heterocycles. The summed E-state index contributed by atoms with van der Waals surface area (Å²) in [4.78, 5) is 66.6. The van der Waals surface area contributed by atoms with E-state index in [2.05, 4.69) is 25.3 Å². The average molecular weight is 843 g/mol. The Morgan fingerprint density at radius 3 is 2.20 bits per heavy atom. The maximum Gasteiger partial charge on any atom is 0.407 e. The van der Waals surface area contributed by atoms with Gasteiger partial charge in [0.25, 0.3) is 11.8 Å². The van der Waals surface area contributed by atoms with Crippen molar-refractivity contribution in [3.8, 4) is 5.88 Å². The predicted molar refractivity (Wildman–Crippen MR) is 212 cm³/mol. The van der Waals surface area contributed by atoms with Crippen LogP contribution < -0.4 is 20.1 Å². The van der Waals surface area contributed by atoms with E-state index < -0.39 is 86.6 Å². The molecule has 17 heteroatoms. The number of carbonyl (C=O) groups is 4. The van der Waals surface area contributed by atoms with Crippen molar-refractivity contribution in [3.05, 3.63) is 30.0 Å². The Morgan fingerprint density at radius 2 is 1.47 bits per heavy atom. The summed E-state index contributed by atoms with van der Waals surface area (Å²) >= 11 is 0. The van der Waals surface area contributed by atoms with Crippen LogP contribution in [0.3, 0.4) is 0 Å². The topological polar surface area (TPSA) is 186 Å². The van der Waals surface area contributed by atoms with Crippen LogP contribution in [0.1, 0.15) is 128 Å². The van der Waals surface area contributed by atoms with E-state index in [1.807, 2.05) is 0 Å². The summed E-state index contributed by atoms with van der Waals surface area (Å²) < 4.78 is 73.3. The largest absolute Gasteiger partial charge is 0.470 e. The summed E-state index contributed by atoms with van der Waals surface area (Å²) in [6, 6.07) is 5.61. The van der Waals surface area contributed by atoms with Crippen LogP contribution in [0.2, 0.25) is 0 Å². The number of ether oxygens (including phenoxy) is 2. The minimum Gasteiger partial charge on any atom is -0.470 e. The van der Waals surface area contributed by atoms with E-state index in [4.69, 9.17) is 9.47 Å². The molecule has 4 bridgehead atoms. The first kappa shape index (κ1) is 41.6. The highest BCUT2D eigenvalue weighted by Crippen LogP contribution is 2.49. The zero-order valence-electron chi connectivity index (χ0n) is 33.5. The van der Waals surface area contributed by atoms with Gasteiger partial charge in [0.2, 0.25) is 27.7 Å². The van der Waals surface area contributed by atoms with E-state index in [9.17, 15) is 27.6 Å². The van der Waals surface area contributed by atoms with Gasteiger partial charge in [-0.25, -0.2) is 23.2 Å². The third-order valence-electron chi connectivity index (χ3n) is 13.6. The Kier molecular flexibility index (Phi) is 11.8. The number of nitrogens with one attached hydrogen (secondary N) is 3. The van der Waals surface area contributed by atoms with Gasteiger partial charge in [-0.1, -0.05) is 69.9 Å². The maximum absolute atomic E-state index is 16.5. The second-order valence-corrected chi connectivity index (χ2v) is 20.0. The van der Waals surface area contributed by atoms with Crippen molar-refractivity contribution in [3.63, 3.8) is 0 Å². The molecule has 6 aliphatic rings. The molecule has 3 N–H and O–H groups in total. The first-order valence-corrected chi connectivity index (χ1v) is 23.2. The van der Waals surface area contributed by atoms with Crippen molar-refractivity contribution >= 4 is 44.9 Å². The van der Waals surface area contributed by atoms with Crippen LogP contribution in [0.5, 0.6) is 5.88 Å². The highest BCUT2D eigenvalue weighted by molar-refractivity contribution is 7.91. The lowest BCUT2D eigenvalue weighted by Gasteiger charge is -2.37. The van der Waals surface area contributed by atoms with Crippen molar-refractivity contribution in [1.82, 2.24) is 30.2 Å². The van der Waals surface area contributed by atoms with Crippen LogP contribution in [0, 0.1) is 17.3 Å². The number of alkyl halides is 2. The monoisotopic (exact) mass is 842 g/mol. The smallest absolute Gasteiger partial charge is 0.407 e. The van der Waals surface area contributed by atoms with Gasteiger partial charge in [0.05, 0.1) is 35.4 Å². The molecule has 3 aliphatic heterocycles. The molecule has 322 valence electrons. The summed E-state index contributed by atoms with van der Waals surface area (Å²) in [6.45, 7) is -0.316. The number of alkyl carbamates (subject to hydrolysis) is 1. The molecule has 5 atom stereocenters. The number of para-hydroxylation sites is 2. The van der Waals surface area contributed by atoms with E-state index in [0.29, 0.717) is 50.5 Å². The van der Waals surface area contributed by atoms with Crippen LogP contribution in [0.15, 0.2) is 24.3 Å². The van der Waals surface area contributed by atoms with Crippen molar-refractivity contribution in [2.75, 3.05) is 19.7 Å². The minimum atomic E-state index is -3.93. The molecule has 1 spiro atoms. The number of amides is 4. The maximum atomic E-state index is 16.5. The lowest BCUT2D eigenvalue weighted by atomic mass is 9.71. The molecule has 5 fully saturated rings. The second-order valence-electron chi connectivity index (χ2n) is 18.0. The number of rotatable bonds is 3. The summed E-state index contributed by atoms with van der Waals surface area (Å²) in [7, 11) is -3.93. The highest BCUT2D eigenvalue weighted by Gasteiger charge is 2.62. The van der Waals surface area contributed by atoms with E-state index in [-0.39, 0.29) is 49.4 Å². The first-order chi connectivity index (χ1) is 28.3. The molecule has 14 nitrogen and oxygen atoms in total. The van der Waals surface area contributed by atoms with E-state index >= 15 is 8.78 Å². The molecule has 2 saturated heterocycles. The number of sulfonamides is 1. The van der Waals surface area contributed by atoms with Crippen molar-refractivity contribution in [1.29, 1.82) is 0 Å². The zero-order valence-corrected chi connectivity index (χ0v) is 34.3. The molecular formula is C42H56F2N6O8S. The van der Waals surface area contributed by atoms with Gasteiger partial charge in [-0.2, -0.15) is 8.78 Å². The average Bonchev–Trinajstić information content (AvgIpc) is 4.14. The van der Waals surface area contributed by atoms with Crippen LogP contribution in [0.25, 0.3) is 11.0 Å². The van der Waals surface area contributed by atoms with Gasteiger partial charge >= 0.3 is 6.09 Å². The number of carbonyl (C=O) groups excluding carboxylic acids is 4. The molecule has 3 aliphatic carbocycles. The zero-order chi connectivity index (χ0) is 41.4. The van der Waals surface area contributed by atoms with Gasteiger partial charge in [0.1, 0.15) is 17.7 Å². The highest BCUT2D eigenvalue weighted by atomic mass is 32.2. The molecule has 1 aromatic carbocycles. The fourth-order valence-corrected chi connectivity index (χ4v) is 11.2. The molecule has 2 aromatic rings. The SMILES string of the molecule is O=C1N[C@H]2CCCCCCC[C@@H]3C[C@@]3(C(=O)NS(=O)(=O)C3CC3)NC(=O)C3CN(C[C@@H]3Oc3nc4ccccc4nc3C(F)(F)CCCCC3(CCCCC3)CO1)C2=O. The number of aromatic nitrogens is 2. The van der Waals surface area contributed by atoms with Crippen molar-refractivity contribution in [2.24, 2.45) is 17.3 Å². The number of fused-ring (bicyclic) bond motifs is 7. The van der Waals surface area contributed by atoms with Gasteiger partial charge in [-0.15, -0.1) is 0 Å². The number of benzene rings is 1. The molecule has 3 saturated carbocycles. The van der Waals surface area contributed by atoms with Crippen LogP contribution >= 0.6 is 0 Å². The summed E-state index contributed by atoms with van der Waals surface area (Å²) in [5.74, 6) is -7.40. The number of hydrogen-bond acceptors (Lipinski definition) is 10. The second kappa shape index (κ2) is 16.7. The van der Waals surface area contributed by atoms with Gasteiger partial charge in [0.15, 0.2) is 5.69 Å². The Bertz CT molecular complexity index is 2050. The molecule has 4 heterocycles. The molecule has 0 radical (unpaired) electrons. The summed E-state index contributed by atoms with van der Waals surface area (Å²) in [5.41, 5.74) is -1.97. The Hall–Kier alpha value is -4.15. The third kappa shape index (κ3) is 9.14. The standard InChI is InChI=1S/C42H56F2N6O8S/c43-42(44)22-12-11-21-40(19-9-4-10-20-40)26-57-39(54)47-32-16-6-3-1-2-5-13-27-23-41(27,38(53)49-59(55,56)28-17-18-28)48-35(51)29-24-50(37(32)52)25-33(29)58-36-34(42)45-30-14-7-8-15-31(30)46-36/h7-8,14-15,27-29,32-33H,1-6,9-13,16-26H2,(H,47,54)(H,48,51)(H,49,53)/t27-,29?,32+,33+,41-/m1/s1. The van der Waals surface area contributed by atoms with Crippen LogP contribution in [0.4, 0.5) is 13.6 Å². The molecule has 59 heavy (non-hydrogen) atoms. The Labute approximate surface area is 343 Å². The Morgan fingerprint density at radius 1 is 0.831 bits per heavy atom. The lowest BCUT2D eigenvalue weighted by Crippen LogP contribution is -2.55. The minimum absolute atomic E-state index is 0.122. The summed E-state index contributed by atoms with van der Waals surface area (Å²) in [6.07, 6.45) is 9.16. The van der Waals surface area contributed by atoms with Gasteiger partial charge in [-0.3, -0.25) is 19.1 Å². The third-order valence-corrected chi connectivity index (χ3v) is 15.4. The van der Waals surface area contributed by atoms with Crippen molar-refractivity contribution in [2.45, 2.75) is 151 Å². The van der Waals surface area contributed by atoms with Crippen LogP contribution in [-0.4, -0.2) is 89.7 Å². The van der Waals surface area contributed by atoms with E-state index in [1.165, 1.54) is 4.90 Å². The number of cyclic esters (lactones) is 1. The molecule has 4 amide bonds. The normalized spacial score (nSPS) is 30.8. The Balaban J connectivity index is 1.16. The fourth-order valence-electron chi connectivity index (χ4n) is 9.82. The lowest BCUT2D eigenvalue weighted by molar-refractivity contribution is -0.134. The van der Waals surface area contributed by atoms with Crippen LogP contribution in [-0.2, 0) is 35.1 Å². The van der Waals surface area contributed by atoms with Gasteiger partial charge < -0.3 is 25.0 Å². The summed E-state index contributed by atoms with van der Waals surface area (Å²) in [5, 5.41) is 5.06. The van der Waals surface area contributed by atoms with E-state index in [1.54, 1.807) is 24.3 Å². The van der Waals surface area contributed by atoms with E-state index in [0.717, 1.165) is 57.8 Å². The number of hydrogen-bond donors (Lipinski definition) is 3.